The Morgan fingerprint density at radius 1 is 1.29 bits per heavy atom. The molecule has 158 valence electrons. The van der Waals surface area contributed by atoms with Gasteiger partial charge < -0.3 is 14.2 Å². The lowest BCUT2D eigenvalue weighted by Crippen LogP contribution is -2.25. The van der Waals surface area contributed by atoms with Crippen LogP contribution >= 0.6 is 11.6 Å². The maximum absolute atomic E-state index is 13.6. The second kappa shape index (κ2) is 6.90. The summed E-state index contributed by atoms with van der Waals surface area (Å²) >= 11 is 6.24. The molecule has 1 N–H and O–H groups in total. The molecule has 1 saturated carbocycles. The zero-order valence-corrected chi connectivity index (χ0v) is 17.7. The van der Waals surface area contributed by atoms with Gasteiger partial charge in [-0.3, -0.25) is 9.20 Å². The number of nitrogens with zero attached hydrogens (tertiary/aromatic N) is 6. The maximum Gasteiger partial charge on any atom is 0.278 e. The van der Waals surface area contributed by atoms with Crippen molar-refractivity contribution in [2.24, 2.45) is 0 Å². The average Bonchev–Trinajstić information content (AvgIpc) is 3.47. The fraction of sp³-hybridized carbons (Fsp3) is 0.381. The number of aliphatic hydroxyl groups is 1. The van der Waals surface area contributed by atoms with E-state index in [2.05, 4.69) is 21.2 Å². The minimum atomic E-state index is -1.13. The molecule has 31 heavy (non-hydrogen) atoms. The first-order valence-electron chi connectivity index (χ1n) is 10.1. The third-order valence-electron chi connectivity index (χ3n) is 5.89. The highest BCUT2D eigenvalue weighted by atomic mass is 35.5. The van der Waals surface area contributed by atoms with E-state index in [-0.39, 0.29) is 45.1 Å². The highest BCUT2D eigenvalue weighted by Gasteiger charge is 2.39. The van der Waals surface area contributed by atoms with E-state index in [0.29, 0.717) is 23.9 Å². The normalized spacial score (nSPS) is 15.9. The number of hydrogen-bond donors (Lipinski definition) is 1. The van der Waals surface area contributed by atoms with Gasteiger partial charge in [-0.1, -0.05) is 16.8 Å². The first-order chi connectivity index (χ1) is 14.9. The lowest BCUT2D eigenvalue weighted by atomic mass is 10.0. The van der Waals surface area contributed by atoms with Crippen LogP contribution in [0.5, 0.6) is 0 Å². The van der Waals surface area contributed by atoms with Crippen LogP contribution in [0.1, 0.15) is 57.0 Å². The fourth-order valence-corrected chi connectivity index (χ4v) is 4.58. The van der Waals surface area contributed by atoms with E-state index in [4.69, 9.17) is 16.1 Å². The molecule has 5 rings (SSSR count). The predicted molar refractivity (Wildman–Crippen MR) is 113 cm³/mol. The summed E-state index contributed by atoms with van der Waals surface area (Å²) in [6.45, 7) is 3.72. The van der Waals surface area contributed by atoms with Crippen LogP contribution in [0.15, 0.2) is 27.8 Å². The molecule has 9 nitrogen and oxygen atoms in total. The Morgan fingerprint density at radius 2 is 2.03 bits per heavy atom. The van der Waals surface area contributed by atoms with Crippen molar-refractivity contribution in [3.05, 3.63) is 45.3 Å². The minimum Gasteiger partial charge on any atom is -0.380 e. The van der Waals surface area contributed by atoms with Gasteiger partial charge >= 0.3 is 0 Å². The van der Waals surface area contributed by atoms with Crippen molar-refractivity contribution in [3.8, 4) is 17.6 Å². The zero-order valence-electron chi connectivity index (χ0n) is 17.0. The summed E-state index contributed by atoms with van der Waals surface area (Å²) in [4.78, 5) is 22.3. The van der Waals surface area contributed by atoms with Gasteiger partial charge in [-0.05, 0) is 51.7 Å². The van der Waals surface area contributed by atoms with Crippen molar-refractivity contribution in [2.45, 2.75) is 51.2 Å². The second-order valence-corrected chi connectivity index (χ2v) is 8.55. The number of halogens is 1. The Labute approximate surface area is 181 Å². The summed E-state index contributed by atoms with van der Waals surface area (Å²) in [5.41, 5.74) is 0.322. The Bertz CT molecular complexity index is 1440. The van der Waals surface area contributed by atoms with E-state index >= 15 is 0 Å². The van der Waals surface area contributed by atoms with Crippen LogP contribution in [0, 0.1) is 11.3 Å². The minimum absolute atomic E-state index is 0.138. The number of rotatable bonds is 3. The SMILES string of the molecule is CC(C)n1c(=O)c2c(-c3noc(C4(O)CCCC4)n3)ncn2c2ccc(Cl)c(C#N)c21. The summed E-state index contributed by atoms with van der Waals surface area (Å²) in [6.07, 6.45) is 4.38. The van der Waals surface area contributed by atoms with E-state index in [1.54, 1.807) is 16.5 Å². The van der Waals surface area contributed by atoms with Crippen molar-refractivity contribution < 1.29 is 9.63 Å². The van der Waals surface area contributed by atoms with Crippen LogP contribution in [0.2, 0.25) is 5.02 Å². The van der Waals surface area contributed by atoms with Crippen LogP contribution in [0.25, 0.3) is 28.1 Å². The molecule has 1 aromatic carbocycles. The van der Waals surface area contributed by atoms with E-state index in [9.17, 15) is 15.2 Å². The predicted octanol–water partition coefficient (Wildman–Crippen LogP) is 3.57. The highest BCUT2D eigenvalue weighted by Crippen LogP contribution is 2.38. The van der Waals surface area contributed by atoms with Crippen LogP contribution in [0.3, 0.4) is 0 Å². The van der Waals surface area contributed by atoms with E-state index in [0.717, 1.165) is 12.8 Å². The summed E-state index contributed by atoms with van der Waals surface area (Å²) in [7, 11) is 0. The Balaban J connectivity index is 1.81. The maximum atomic E-state index is 13.6. The molecule has 0 radical (unpaired) electrons. The van der Waals surface area contributed by atoms with Crippen molar-refractivity contribution in [1.82, 2.24) is 24.1 Å². The van der Waals surface area contributed by atoms with Crippen LogP contribution in [0.4, 0.5) is 0 Å². The van der Waals surface area contributed by atoms with Gasteiger partial charge in [0, 0.05) is 6.04 Å². The van der Waals surface area contributed by atoms with Crippen molar-refractivity contribution in [1.29, 1.82) is 5.26 Å². The topological polar surface area (TPSA) is 122 Å². The Hall–Kier alpha value is -3.22. The standard InChI is InChI=1S/C21H19ClN6O3/c1-11(2)28-16-12(9-23)13(22)5-6-14(16)27-10-24-15(17(27)19(28)29)18-25-20(31-26-18)21(30)7-3-4-8-21/h5-6,10-11,30H,3-4,7-8H2,1-2H3. The summed E-state index contributed by atoms with van der Waals surface area (Å²) < 4.78 is 8.50. The first-order valence-corrected chi connectivity index (χ1v) is 10.4. The molecule has 10 heteroatoms. The highest BCUT2D eigenvalue weighted by molar-refractivity contribution is 6.32. The number of nitriles is 1. The molecular formula is C21H19ClN6O3. The molecule has 1 aliphatic carbocycles. The zero-order chi connectivity index (χ0) is 21.9. The van der Waals surface area contributed by atoms with Crippen molar-refractivity contribution in [3.63, 3.8) is 0 Å². The number of hydrogen-bond acceptors (Lipinski definition) is 7. The molecule has 1 fully saturated rings. The molecule has 3 aromatic heterocycles. The van der Waals surface area contributed by atoms with Crippen LogP contribution < -0.4 is 5.56 Å². The summed E-state index contributed by atoms with van der Waals surface area (Å²) in [6, 6.07) is 5.24. The molecular weight excluding hydrogens is 420 g/mol. The van der Waals surface area contributed by atoms with Gasteiger partial charge in [-0.2, -0.15) is 10.2 Å². The molecule has 0 unspecified atom stereocenters. The number of fused-ring (bicyclic) bond motifs is 3. The fourth-order valence-electron chi connectivity index (χ4n) is 4.39. The van der Waals surface area contributed by atoms with Crippen LogP contribution in [-0.2, 0) is 5.60 Å². The molecule has 0 atom stereocenters. The number of imidazole rings is 1. The van der Waals surface area contributed by atoms with Gasteiger partial charge in [0.25, 0.3) is 11.4 Å². The Kier molecular flexibility index (Phi) is 4.39. The van der Waals surface area contributed by atoms with Gasteiger partial charge in [-0.25, -0.2) is 4.98 Å². The third kappa shape index (κ3) is 2.79. The van der Waals surface area contributed by atoms with Gasteiger partial charge in [0.05, 0.1) is 21.6 Å². The molecule has 0 bridgehead atoms. The Morgan fingerprint density at radius 3 is 2.71 bits per heavy atom. The molecule has 1 aliphatic rings. The van der Waals surface area contributed by atoms with Gasteiger partial charge in [-0.15, -0.1) is 0 Å². The van der Waals surface area contributed by atoms with E-state index in [1.807, 2.05) is 13.8 Å². The number of aromatic nitrogens is 5. The molecule has 0 saturated heterocycles. The van der Waals surface area contributed by atoms with Crippen molar-refractivity contribution >= 4 is 28.2 Å². The molecule has 0 spiro atoms. The quantitative estimate of drug-likeness (QED) is 0.518. The third-order valence-corrected chi connectivity index (χ3v) is 6.20. The van der Waals surface area contributed by atoms with Crippen molar-refractivity contribution in [2.75, 3.05) is 0 Å². The smallest absolute Gasteiger partial charge is 0.278 e. The molecule has 0 aliphatic heterocycles. The number of benzene rings is 1. The largest absolute Gasteiger partial charge is 0.380 e. The summed E-state index contributed by atoms with van der Waals surface area (Å²) in [5.74, 6) is 0.281. The first kappa shape index (κ1) is 19.7. The van der Waals surface area contributed by atoms with Gasteiger partial charge in [0.15, 0.2) is 0 Å². The van der Waals surface area contributed by atoms with E-state index in [1.165, 1.54) is 10.9 Å². The summed E-state index contributed by atoms with van der Waals surface area (Å²) in [5, 5.41) is 24.7. The lowest BCUT2D eigenvalue weighted by molar-refractivity contribution is 0.0112. The van der Waals surface area contributed by atoms with Crippen LogP contribution in [-0.4, -0.2) is 29.2 Å². The van der Waals surface area contributed by atoms with E-state index < -0.39 is 5.60 Å². The molecule has 0 amide bonds. The average molecular weight is 439 g/mol. The van der Waals surface area contributed by atoms with Gasteiger partial charge in [0.2, 0.25) is 5.82 Å². The lowest BCUT2D eigenvalue weighted by Gasteiger charge is -2.17. The second-order valence-electron chi connectivity index (χ2n) is 8.14. The van der Waals surface area contributed by atoms with Gasteiger partial charge in [0.1, 0.15) is 29.2 Å². The monoisotopic (exact) mass is 438 g/mol. The molecule has 3 heterocycles. The molecule has 4 aromatic rings.